The van der Waals surface area contributed by atoms with E-state index >= 15 is 0 Å². The Morgan fingerprint density at radius 1 is 1.06 bits per heavy atom. The van der Waals surface area contributed by atoms with Crippen molar-refractivity contribution in [3.05, 3.63) is 93.8 Å². The van der Waals surface area contributed by atoms with Gasteiger partial charge in [0.1, 0.15) is 17.0 Å². The second kappa shape index (κ2) is 8.64. The molecule has 0 saturated heterocycles. The van der Waals surface area contributed by atoms with Crippen molar-refractivity contribution in [1.29, 1.82) is 0 Å². The molecule has 8 nitrogen and oxygen atoms in total. The van der Waals surface area contributed by atoms with E-state index in [0.717, 1.165) is 54.1 Å². The number of fused-ring (bicyclic) bond motifs is 2. The number of hydrogen-bond donors (Lipinski definition) is 2. The third-order valence-electron chi connectivity index (χ3n) is 6.77. The Morgan fingerprint density at radius 3 is 2.67 bits per heavy atom. The van der Waals surface area contributed by atoms with E-state index in [9.17, 15) is 9.59 Å². The highest BCUT2D eigenvalue weighted by atomic mass is 16.2. The summed E-state index contributed by atoms with van der Waals surface area (Å²) < 4.78 is 3.88. The third kappa shape index (κ3) is 3.71. The number of imidazole rings is 1. The van der Waals surface area contributed by atoms with Crippen LogP contribution in [0.25, 0.3) is 28.0 Å². The molecule has 0 saturated carbocycles. The molecule has 36 heavy (non-hydrogen) atoms. The summed E-state index contributed by atoms with van der Waals surface area (Å²) in [6.45, 7) is 4.75. The molecule has 180 valence electrons. The van der Waals surface area contributed by atoms with Crippen molar-refractivity contribution in [2.24, 2.45) is 0 Å². The lowest BCUT2D eigenvalue weighted by molar-refractivity contribution is 0.102. The second-order valence-electron chi connectivity index (χ2n) is 9.28. The van der Waals surface area contributed by atoms with Crippen LogP contribution in [0.5, 0.6) is 0 Å². The number of benzene rings is 2. The summed E-state index contributed by atoms with van der Waals surface area (Å²) in [7, 11) is 0. The number of H-pyrrole nitrogens is 1. The average molecular weight is 479 g/mol. The van der Waals surface area contributed by atoms with Gasteiger partial charge in [-0.05, 0) is 44.9 Å². The highest BCUT2D eigenvalue weighted by Gasteiger charge is 2.21. The number of amides is 1. The fraction of sp³-hybridized carbons (Fsp3) is 0.214. The molecule has 0 bridgehead atoms. The van der Waals surface area contributed by atoms with E-state index in [0.29, 0.717) is 22.4 Å². The second-order valence-corrected chi connectivity index (χ2v) is 9.28. The zero-order chi connectivity index (χ0) is 24.8. The van der Waals surface area contributed by atoms with Crippen LogP contribution in [0.4, 0.5) is 5.69 Å². The highest BCUT2D eigenvalue weighted by molar-refractivity contribution is 6.07. The van der Waals surface area contributed by atoms with Crippen molar-refractivity contribution in [3.8, 4) is 16.9 Å². The maximum Gasteiger partial charge on any atom is 0.261 e. The summed E-state index contributed by atoms with van der Waals surface area (Å²) in [5.74, 6) is 0.595. The lowest BCUT2D eigenvalue weighted by Crippen LogP contribution is -2.22. The molecular weight excluding hydrogens is 452 g/mol. The predicted octanol–water partition coefficient (Wildman–Crippen LogP) is 4.78. The summed E-state index contributed by atoms with van der Waals surface area (Å²) in [5, 5.41) is 7.90. The van der Waals surface area contributed by atoms with Crippen molar-refractivity contribution in [2.75, 3.05) is 5.32 Å². The number of nitrogens with one attached hydrogen (secondary N) is 2. The van der Waals surface area contributed by atoms with E-state index in [-0.39, 0.29) is 11.0 Å². The Hall–Kier alpha value is -4.46. The van der Waals surface area contributed by atoms with Gasteiger partial charge >= 0.3 is 0 Å². The van der Waals surface area contributed by atoms with Crippen LogP contribution in [0.1, 0.15) is 40.3 Å². The molecule has 0 unspecified atom stereocenters. The first-order valence-corrected chi connectivity index (χ1v) is 12.1. The van der Waals surface area contributed by atoms with Crippen LogP contribution in [0.3, 0.4) is 0 Å². The molecule has 8 heteroatoms. The van der Waals surface area contributed by atoms with Gasteiger partial charge in [-0.1, -0.05) is 35.9 Å². The van der Waals surface area contributed by atoms with Crippen molar-refractivity contribution >= 4 is 22.6 Å². The molecule has 0 atom stereocenters. The van der Waals surface area contributed by atoms with Gasteiger partial charge in [-0.15, -0.1) is 0 Å². The van der Waals surface area contributed by atoms with E-state index in [1.165, 1.54) is 6.20 Å². The van der Waals surface area contributed by atoms with Gasteiger partial charge in [0.25, 0.3) is 5.91 Å². The van der Waals surface area contributed by atoms with E-state index in [1.807, 2.05) is 61.7 Å². The Labute approximate surface area is 207 Å². The number of nitrogens with zero attached hydrogens (tertiary/aromatic N) is 4. The molecule has 3 aromatic heterocycles. The molecular formula is C28H26N6O2. The Morgan fingerprint density at radius 2 is 1.86 bits per heavy atom. The Balaban J connectivity index is 1.35. The number of carbonyl (C=O) groups is 1. The minimum absolute atomic E-state index is 0.0352. The molecule has 4 heterocycles. The van der Waals surface area contributed by atoms with E-state index in [1.54, 1.807) is 11.6 Å². The summed E-state index contributed by atoms with van der Waals surface area (Å²) >= 11 is 0. The number of carbonyl (C=O) groups excluding carboxylic acids is 1. The fourth-order valence-corrected chi connectivity index (χ4v) is 4.86. The molecule has 1 aliphatic heterocycles. The smallest absolute Gasteiger partial charge is 0.261 e. The standard InChI is InChI=1S/C28H26N6O2/c1-17-10-12-19(13-11-17)34-27-25(18(2)32-34)26(35)21(15-29-27)28(36)31-22-8-4-3-7-20(22)23-16-33-14-6-5-9-24(33)30-23/h3-4,7-8,10-13,15-16H,5-6,9,14H2,1-2H3,(H,29,35)(H,31,36). The molecule has 1 aliphatic rings. The van der Waals surface area contributed by atoms with Gasteiger partial charge in [-0.2, -0.15) is 5.10 Å². The topological polar surface area (TPSA) is 97.6 Å². The van der Waals surface area contributed by atoms with Crippen LogP contribution < -0.4 is 10.7 Å². The first-order chi connectivity index (χ1) is 17.5. The summed E-state index contributed by atoms with van der Waals surface area (Å²) in [6.07, 6.45) is 6.75. The highest BCUT2D eigenvalue weighted by Crippen LogP contribution is 2.29. The number of aryl methyl sites for hydroxylation is 4. The van der Waals surface area contributed by atoms with Gasteiger partial charge in [0.05, 0.1) is 28.1 Å². The van der Waals surface area contributed by atoms with Crippen LogP contribution in [0, 0.1) is 13.8 Å². The Kier molecular flexibility index (Phi) is 5.29. The SMILES string of the molecule is Cc1ccc(-n2nc(C)c3c(=O)c(C(=O)Nc4ccccc4-c4cn5c(n4)CCCC5)c[nH]c32)cc1. The van der Waals surface area contributed by atoms with Gasteiger partial charge < -0.3 is 14.9 Å². The van der Waals surface area contributed by atoms with E-state index in [2.05, 4.69) is 20.0 Å². The number of rotatable bonds is 4. The quantitative estimate of drug-likeness (QED) is 0.388. The molecule has 0 fully saturated rings. The van der Waals surface area contributed by atoms with Crippen LogP contribution in [-0.4, -0.2) is 30.2 Å². The van der Waals surface area contributed by atoms with Crippen molar-refractivity contribution in [3.63, 3.8) is 0 Å². The van der Waals surface area contributed by atoms with Crippen LogP contribution in [-0.2, 0) is 13.0 Å². The minimum Gasteiger partial charge on any atom is -0.345 e. The molecule has 2 N–H and O–H groups in total. The normalized spacial score (nSPS) is 13.1. The number of para-hydroxylation sites is 1. The maximum atomic E-state index is 13.4. The summed E-state index contributed by atoms with van der Waals surface area (Å²) in [4.78, 5) is 34.6. The van der Waals surface area contributed by atoms with E-state index in [4.69, 9.17) is 4.98 Å². The van der Waals surface area contributed by atoms with Crippen LogP contribution in [0.2, 0.25) is 0 Å². The van der Waals surface area contributed by atoms with Gasteiger partial charge in [0.2, 0.25) is 5.43 Å². The zero-order valence-corrected chi connectivity index (χ0v) is 20.2. The first-order valence-electron chi connectivity index (χ1n) is 12.1. The van der Waals surface area contributed by atoms with Crippen LogP contribution in [0.15, 0.2) is 65.7 Å². The number of anilines is 1. The fourth-order valence-electron chi connectivity index (χ4n) is 4.86. The van der Waals surface area contributed by atoms with Crippen molar-refractivity contribution in [1.82, 2.24) is 24.3 Å². The predicted molar refractivity (Wildman–Crippen MR) is 140 cm³/mol. The molecule has 6 rings (SSSR count). The minimum atomic E-state index is -0.475. The van der Waals surface area contributed by atoms with E-state index < -0.39 is 5.91 Å². The zero-order valence-electron chi connectivity index (χ0n) is 20.2. The van der Waals surface area contributed by atoms with Gasteiger partial charge in [0.15, 0.2) is 0 Å². The number of aromatic nitrogens is 5. The molecule has 0 spiro atoms. The van der Waals surface area contributed by atoms with Crippen molar-refractivity contribution < 1.29 is 4.79 Å². The molecule has 0 radical (unpaired) electrons. The van der Waals surface area contributed by atoms with Gasteiger partial charge in [0, 0.05) is 30.9 Å². The van der Waals surface area contributed by atoms with Crippen LogP contribution >= 0.6 is 0 Å². The number of aromatic amines is 1. The van der Waals surface area contributed by atoms with Crippen molar-refractivity contribution in [2.45, 2.75) is 39.7 Å². The monoisotopic (exact) mass is 478 g/mol. The third-order valence-corrected chi connectivity index (χ3v) is 6.77. The maximum absolute atomic E-state index is 13.4. The molecule has 5 aromatic rings. The molecule has 2 aromatic carbocycles. The Bertz CT molecular complexity index is 1650. The lowest BCUT2D eigenvalue weighted by Gasteiger charge is -2.11. The number of hydrogen-bond acceptors (Lipinski definition) is 4. The average Bonchev–Trinajstić information content (AvgIpc) is 3.46. The van der Waals surface area contributed by atoms with Gasteiger partial charge in [-0.3, -0.25) is 9.59 Å². The largest absolute Gasteiger partial charge is 0.345 e. The molecule has 0 aliphatic carbocycles. The first kappa shape index (κ1) is 22.0. The lowest BCUT2D eigenvalue weighted by atomic mass is 10.1. The molecule has 1 amide bonds. The number of pyridine rings is 1. The van der Waals surface area contributed by atoms with Gasteiger partial charge in [-0.25, -0.2) is 9.67 Å². The summed E-state index contributed by atoms with van der Waals surface area (Å²) in [6, 6.07) is 15.4. The summed E-state index contributed by atoms with van der Waals surface area (Å²) in [5.41, 5.74) is 5.03.